The summed E-state index contributed by atoms with van der Waals surface area (Å²) < 4.78 is 0. The van der Waals surface area contributed by atoms with Crippen LogP contribution in [-0.2, 0) is 23.4 Å². The van der Waals surface area contributed by atoms with E-state index in [1.165, 1.54) is 53.4 Å². The number of hydrogen-bond donors (Lipinski definition) is 1. The van der Waals surface area contributed by atoms with Crippen LogP contribution in [0.5, 0.6) is 0 Å². The Hall–Kier alpha value is -2.34. The predicted molar refractivity (Wildman–Crippen MR) is 114 cm³/mol. The number of nitro benzene ring substituents is 1. The van der Waals surface area contributed by atoms with Crippen molar-refractivity contribution in [2.75, 3.05) is 5.75 Å². The van der Waals surface area contributed by atoms with Crippen LogP contribution in [0.15, 0.2) is 42.5 Å². The Morgan fingerprint density at radius 3 is 2.54 bits per heavy atom. The van der Waals surface area contributed by atoms with Crippen molar-refractivity contribution in [3.63, 3.8) is 0 Å². The predicted octanol–water partition coefficient (Wildman–Crippen LogP) is 4.97. The van der Waals surface area contributed by atoms with E-state index in [1.54, 1.807) is 12.1 Å². The van der Waals surface area contributed by atoms with Crippen molar-refractivity contribution in [1.82, 2.24) is 5.32 Å². The number of hydrogen-bond acceptors (Lipinski definition) is 4. The van der Waals surface area contributed by atoms with Crippen LogP contribution in [0.1, 0.15) is 54.5 Å². The molecule has 0 heterocycles. The standard InChI is InChI=1S/C22H26N2O3S/c1-2-21(19-10-9-17-5-3-4-6-18(17)13-19)23-22(25)15-28-14-16-7-11-20(12-8-16)24(26)27/h7-13,21H,2-6,14-15H2,1H3,(H,23,25)/t21-/m0/s1. The second kappa shape index (κ2) is 9.73. The van der Waals surface area contributed by atoms with Gasteiger partial charge in [-0.1, -0.05) is 37.3 Å². The SMILES string of the molecule is CC[C@H](NC(=O)CSCc1ccc([N+](=O)[O-])cc1)c1ccc2c(c1)CCCC2. The largest absolute Gasteiger partial charge is 0.349 e. The molecule has 0 saturated heterocycles. The van der Waals surface area contributed by atoms with Gasteiger partial charge in [0.1, 0.15) is 0 Å². The van der Waals surface area contributed by atoms with Crippen molar-refractivity contribution in [2.24, 2.45) is 0 Å². The number of aryl methyl sites for hydroxylation is 2. The monoisotopic (exact) mass is 398 g/mol. The Labute approximate surface area is 170 Å². The number of carbonyl (C=O) groups is 1. The molecule has 0 radical (unpaired) electrons. The third-order valence-corrected chi connectivity index (χ3v) is 6.17. The molecule has 6 heteroatoms. The summed E-state index contributed by atoms with van der Waals surface area (Å²) in [7, 11) is 0. The van der Waals surface area contributed by atoms with E-state index in [0.29, 0.717) is 11.5 Å². The summed E-state index contributed by atoms with van der Waals surface area (Å²) in [4.78, 5) is 22.7. The smallest absolute Gasteiger partial charge is 0.269 e. The molecular weight excluding hydrogens is 372 g/mol. The molecule has 2 aromatic carbocycles. The number of benzene rings is 2. The summed E-state index contributed by atoms with van der Waals surface area (Å²) in [5.41, 5.74) is 5.14. The summed E-state index contributed by atoms with van der Waals surface area (Å²) in [5, 5.41) is 13.8. The van der Waals surface area contributed by atoms with Crippen LogP contribution in [-0.4, -0.2) is 16.6 Å². The molecular formula is C22H26N2O3S. The van der Waals surface area contributed by atoms with E-state index in [2.05, 4.69) is 30.4 Å². The van der Waals surface area contributed by atoms with Crippen molar-refractivity contribution in [2.45, 2.75) is 50.8 Å². The lowest BCUT2D eigenvalue weighted by molar-refractivity contribution is -0.384. The molecule has 1 aliphatic carbocycles. The van der Waals surface area contributed by atoms with Gasteiger partial charge in [-0.15, -0.1) is 11.8 Å². The Morgan fingerprint density at radius 1 is 1.14 bits per heavy atom. The summed E-state index contributed by atoms with van der Waals surface area (Å²) in [6.45, 7) is 2.09. The van der Waals surface area contributed by atoms with Gasteiger partial charge in [0.05, 0.1) is 16.7 Å². The molecule has 0 spiro atoms. The van der Waals surface area contributed by atoms with Crippen LogP contribution in [0.3, 0.4) is 0 Å². The highest BCUT2D eigenvalue weighted by atomic mass is 32.2. The molecule has 0 aliphatic heterocycles. The highest BCUT2D eigenvalue weighted by Crippen LogP contribution is 2.26. The number of non-ortho nitro benzene ring substituents is 1. The van der Waals surface area contributed by atoms with E-state index in [9.17, 15) is 14.9 Å². The molecule has 0 unspecified atom stereocenters. The minimum absolute atomic E-state index is 0.0245. The number of carbonyl (C=O) groups excluding carboxylic acids is 1. The lowest BCUT2D eigenvalue weighted by Crippen LogP contribution is -2.29. The Kier molecular flexibility index (Phi) is 7.09. The summed E-state index contributed by atoms with van der Waals surface area (Å²) in [6, 6.07) is 13.2. The van der Waals surface area contributed by atoms with E-state index in [-0.39, 0.29) is 17.6 Å². The second-order valence-electron chi connectivity index (χ2n) is 7.18. The summed E-state index contributed by atoms with van der Waals surface area (Å²) >= 11 is 1.52. The van der Waals surface area contributed by atoms with Gasteiger partial charge in [-0.3, -0.25) is 14.9 Å². The molecule has 3 rings (SSSR count). The zero-order chi connectivity index (χ0) is 19.9. The average Bonchev–Trinajstić information content (AvgIpc) is 2.72. The highest BCUT2D eigenvalue weighted by Gasteiger charge is 2.16. The van der Waals surface area contributed by atoms with Gasteiger partial charge in [-0.2, -0.15) is 0 Å². The molecule has 28 heavy (non-hydrogen) atoms. The molecule has 0 fully saturated rings. The van der Waals surface area contributed by atoms with Crippen molar-refractivity contribution in [3.05, 3.63) is 74.8 Å². The first kappa shape index (κ1) is 20.4. The first-order chi connectivity index (χ1) is 13.6. The first-order valence-electron chi connectivity index (χ1n) is 9.79. The average molecular weight is 399 g/mol. The van der Waals surface area contributed by atoms with Crippen LogP contribution in [0, 0.1) is 10.1 Å². The third kappa shape index (κ3) is 5.35. The van der Waals surface area contributed by atoms with Crippen molar-refractivity contribution < 1.29 is 9.72 Å². The number of rotatable bonds is 8. The van der Waals surface area contributed by atoms with Crippen LogP contribution in [0.4, 0.5) is 5.69 Å². The molecule has 0 saturated carbocycles. The van der Waals surface area contributed by atoms with E-state index >= 15 is 0 Å². The van der Waals surface area contributed by atoms with Gasteiger partial charge in [0, 0.05) is 17.9 Å². The van der Waals surface area contributed by atoms with E-state index in [0.717, 1.165) is 24.8 Å². The zero-order valence-corrected chi connectivity index (χ0v) is 17.0. The molecule has 0 aromatic heterocycles. The Bertz CT molecular complexity index is 836. The summed E-state index contributed by atoms with van der Waals surface area (Å²) in [5.74, 6) is 1.05. The molecule has 5 nitrogen and oxygen atoms in total. The van der Waals surface area contributed by atoms with Gasteiger partial charge >= 0.3 is 0 Å². The molecule has 0 bridgehead atoms. The van der Waals surface area contributed by atoms with Gasteiger partial charge in [0.15, 0.2) is 0 Å². The lowest BCUT2D eigenvalue weighted by atomic mass is 9.89. The number of fused-ring (bicyclic) bond motifs is 1. The fourth-order valence-corrected chi connectivity index (χ4v) is 4.40. The van der Waals surface area contributed by atoms with Gasteiger partial charge in [-0.25, -0.2) is 0 Å². The van der Waals surface area contributed by atoms with E-state index in [1.807, 2.05) is 0 Å². The van der Waals surface area contributed by atoms with Gasteiger partial charge < -0.3 is 5.32 Å². The molecule has 148 valence electrons. The third-order valence-electron chi connectivity index (χ3n) is 5.17. The Morgan fingerprint density at radius 2 is 1.86 bits per heavy atom. The fourth-order valence-electron chi connectivity index (χ4n) is 3.60. The normalized spacial score (nSPS) is 14.2. The van der Waals surface area contributed by atoms with Crippen LogP contribution < -0.4 is 5.32 Å². The minimum atomic E-state index is -0.407. The molecule has 1 atom stereocenters. The molecule has 1 N–H and O–H groups in total. The number of nitro groups is 1. The van der Waals surface area contributed by atoms with Crippen molar-refractivity contribution >= 4 is 23.4 Å². The number of nitrogens with zero attached hydrogens (tertiary/aromatic N) is 1. The topological polar surface area (TPSA) is 72.2 Å². The van der Waals surface area contributed by atoms with Crippen molar-refractivity contribution in [3.8, 4) is 0 Å². The van der Waals surface area contributed by atoms with Crippen LogP contribution in [0.25, 0.3) is 0 Å². The van der Waals surface area contributed by atoms with Gasteiger partial charge in [0.25, 0.3) is 5.69 Å². The maximum absolute atomic E-state index is 12.4. The number of amides is 1. The molecule has 1 amide bonds. The van der Waals surface area contributed by atoms with Crippen molar-refractivity contribution in [1.29, 1.82) is 0 Å². The Balaban J connectivity index is 1.50. The molecule has 2 aromatic rings. The van der Waals surface area contributed by atoms with Crippen LogP contribution in [0.2, 0.25) is 0 Å². The lowest BCUT2D eigenvalue weighted by Gasteiger charge is -2.21. The van der Waals surface area contributed by atoms with E-state index < -0.39 is 4.92 Å². The zero-order valence-electron chi connectivity index (χ0n) is 16.1. The highest BCUT2D eigenvalue weighted by molar-refractivity contribution is 7.99. The van der Waals surface area contributed by atoms with Gasteiger partial charge in [0.2, 0.25) is 5.91 Å². The second-order valence-corrected chi connectivity index (χ2v) is 8.17. The quantitative estimate of drug-likeness (QED) is 0.503. The minimum Gasteiger partial charge on any atom is -0.349 e. The van der Waals surface area contributed by atoms with E-state index in [4.69, 9.17) is 0 Å². The molecule has 1 aliphatic rings. The summed E-state index contributed by atoms with van der Waals surface area (Å²) in [6.07, 6.45) is 5.68. The number of nitrogens with one attached hydrogen (secondary N) is 1. The van der Waals surface area contributed by atoms with Gasteiger partial charge in [-0.05, 0) is 54.4 Å². The maximum atomic E-state index is 12.4. The fraction of sp³-hybridized carbons (Fsp3) is 0.409. The maximum Gasteiger partial charge on any atom is 0.269 e. The first-order valence-corrected chi connectivity index (χ1v) is 10.9. The van der Waals surface area contributed by atoms with Crippen LogP contribution >= 0.6 is 11.8 Å². The number of thioether (sulfide) groups is 1.